The molecule has 1 aromatic carbocycles. The van der Waals surface area contributed by atoms with Gasteiger partial charge in [-0.25, -0.2) is 8.42 Å². The first-order valence-corrected chi connectivity index (χ1v) is 9.20. The lowest BCUT2D eigenvalue weighted by atomic mass is 10.2. The standard InChI is InChI=1S/C17H21N3O3S/c1-3-20(4-2)24(22,23)16-7-5-14(6-8-16)13-19-17(21)15-9-11-18-12-10-15/h5-12H,3-4,13H2,1-2H3,(H,19,21). The maximum absolute atomic E-state index is 12.4. The van der Waals surface area contributed by atoms with Crippen molar-refractivity contribution in [3.63, 3.8) is 0 Å². The van der Waals surface area contributed by atoms with E-state index in [4.69, 9.17) is 0 Å². The number of carbonyl (C=O) groups is 1. The summed E-state index contributed by atoms with van der Waals surface area (Å²) in [5.41, 5.74) is 1.36. The van der Waals surface area contributed by atoms with Crippen LogP contribution in [0.15, 0.2) is 53.7 Å². The lowest BCUT2D eigenvalue weighted by Gasteiger charge is -2.18. The quantitative estimate of drug-likeness (QED) is 0.831. The van der Waals surface area contributed by atoms with E-state index in [1.165, 1.54) is 4.31 Å². The van der Waals surface area contributed by atoms with Crippen molar-refractivity contribution in [1.29, 1.82) is 0 Å². The van der Waals surface area contributed by atoms with Crippen LogP contribution < -0.4 is 5.32 Å². The molecule has 0 bridgehead atoms. The molecule has 0 radical (unpaired) electrons. The van der Waals surface area contributed by atoms with Gasteiger partial charge in [0.15, 0.2) is 0 Å². The first kappa shape index (κ1) is 18.1. The molecule has 24 heavy (non-hydrogen) atoms. The van der Waals surface area contributed by atoms with Gasteiger partial charge in [-0.2, -0.15) is 4.31 Å². The average Bonchev–Trinajstić information content (AvgIpc) is 2.61. The molecule has 1 amide bonds. The molecule has 0 saturated heterocycles. The molecule has 0 aliphatic rings. The van der Waals surface area contributed by atoms with Crippen LogP contribution in [-0.4, -0.2) is 36.7 Å². The van der Waals surface area contributed by atoms with Gasteiger partial charge in [0, 0.05) is 37.6 Å². The van der Waals surface area contributed by atoms with E-state index in [0.29, 0.717) is 25.2 Å². The monoisotopic (exact) mass is 347 g/mol. The molecule has 0 spiro atoms. The highest BCUT2D eigenvalue weighted by Gasteiger charge is 2.21. The Morgan fingerprint density at radius 1 is 1.04 bits per heavy atom. The van der Waals surface area contributed by atoms with Crippen LogP contribution in [0.5, 0.6) is 0 Å². The molecular formula is C17H21N3O3S. The molecule has 7 heteroatoms. The number of aromatic nitrogens is 1. The van der Waals surface area contributed by atoms with Gasteiger partial charge in [-0.3, -0.25) is 9.78 Å². The molecule has 0 aliphatic carbocycles. The first-order valence-electron chi connectivity index (χ1n) is 7.76. The van der Waals surface area contributed by atoms with E-state index >= 15 is 0 Å². The summed E-state index contributed by atoms with van der Waals surface area (Å²) in [4.78, 5) is 16.1. The number of hydrogen-bond donors (Lipinski definition) is 1. The lowest BCUT2D eigenvalue weighted by Crippen LogP contribution is -2.30. The fraction of sp³-hybridized carbons (Fsp3) is 0.294. The maximum atomic E-state index is 12.4. The van der Waals surface area contributed by atoms with Gasteiger partial charge in [0.05, 0.1) is 4.90 Å². The van der Waals surface area contributed by atoms with Crippen molar-refractivity contribution in [1.82, 2.24) is 14.6 Å². The van der Waals surface area contributed by atoms with Crippen molar-refractivity contribution in [2.75, 3.05) is 13.1 Å². The predicted octanol–water partition coefficient (Wildman–Crippen LogP) is 2.04. The van der Waals surface area contributed by atoms with E-state index in [9.17, 15) is 13.2 Å². The largest absolute Gasteiger partial charge is 0.348 e. The van der Waals surface area contributed by atoms with Crippen molar-refractivity contribution in [2.45, 2.75) is 25.3 Å². The fourth-order valence-electron chi connectivity index (χ4n) is 2.28. The number of hydrogen-bond acceptors (Lipinski definition) is 4. The second-order valence-corrected chi connectivity index (χ2v) is 7.09. The fourth-order valence-corrected chi connectivity index (χ4v) is 3.74. The van der Waals surface area contributed by atoms with Crippen LogP contribution in [0.25, 0.3) is 0 Å². The summed E-state index contributed by atoms with van der Waals surface area (Å²) in [7, 11) is -3.45. The number of benzene rings is 1. The van der Waals surface area contributed by atoms with Gasteiger partial charge < -0.3 is 5.32 Å². The summed E-state index contributed by atoms with van der Waals surface area (Å²) in [6.45, 7) is 4.81. The van der Waals surface area contributed by atoms with Gasteiger partial charge in [0.2, 0.25) is 10.0 Å². The number of nitrogens with zero attached hydrogens (tertiary/aromatic N) is 2. The second kappa shape index (κ2) is 8.03. The zero-order valence-electron chi connectivity index (χ0n) is 13.8. The Labute approximate surface area is 142 Å². The van der Waals surface area contributed by atoms with Gasteiger partial charge in [-0.15, -0.1) is 0 Å². The minimum absolute atomic E-state index is 0.197. The molecule has 0 atom stereocenters. The van der Waals surface area contributed by atoms with Crippen LogP contribution in [0.1, 0.15) is 29.8 Å². The minimum Gasteiger partial charge on any atom is -0.348 e. The third-order valence-corrected chi connectivity index (χ3v) is 5.73. The van der Waals surface area contributed by atoms with Crippen LogP contribution >= 0.6 is 0 Å². The molecule has 2 rings (SSSR count). The second-order valence-electron chi connectivity index (χ2n) is 5.15. The average molecular weight is 347 g/mol. The van der Waals surface area contributed by atoms with Crippen molar-refractivity contribution < 1.29 is 13.2 Å². The normalized spacial score (nSPS) is 11.5. The molecule has 1 N–H and O–H groups in total. The molecule has 0 saturated carbocycles. The lowest BCUT2D eigenvalue weighted by molar-refractivity contribution is 0.0950. The van der Waals surface area contributed by atoms with E-state index in [-0.39, 0.29) is 10.8 Å². The smallest absolute Gasteiger partial charge is 0.251 e. The maximum Gasteiger partial charge on any atom is 0.251 e. The number of rotatable bonds is 7. The molecule has 0 unspecified atom stereocenters. The Hall–Kier alpha value is -2.25. The van der Waals surface area contributed by atoms with Gasteiger partial charge >= 0.3 is 0 Å². The molecule has 1 aromatic heterocycles. The highest BCUT2D eigenvalue weighted by atomic mass is 32.2. The third kappa shape index (κ3) is 4.18. The van der Waals surface area contributed by atoms with E-state index < -0.39 is 10.0 Å². The van der Waals surface area contributed by atoms with Crippen LogP contribution in [-0.2, 0) is 16.6 Å². The van der Waals surface area contributed by atoms with Crippen LogP contribution in [0, 0.1) is 0 Å². The summed E-state index contributed by atoms with van der Waals surface area (Å²) in [6.07, 6.45) is 3.11. The Bertz CT molecular complexity index is 770. The molecular weight excluding hydrogens is 326 g/mol. The molecule has 128 valence electrons. The van der Waals surface area contributed by atoms with E-state index in [2.05, 4.69) is 10.3 Å². The molecule has 0 aliphatic heterocycles. The van der Waals surface area contributed by atoms with Gasteiger partial charge in [0.25, 0.3) is 5.91 Å². The number of amides is 1. The number of sulfonamides is 1. The summed E-state index contributed by atoms with van der Waals surface area (Å²) >= 11 is 0. The molecule has 0 fully saturated rings. The predicted molar refractivity (Wildman–Crippen MR) is 92.0 cm³/mol. The highest BCUT2D eigenvalue weighted by Crippen LogP contribution is 2.16. The molecule has 6 nitrogen and oxygen atoms in total. The Balaban J connectivity index is 2.04. The molecule has 2 aromatic rings. The number of nitrogens with one attached hydrogen (secondary N) is 1. The van der Waals surface area contributed by atoms with Crippen molar-refractivity contribution in [3.8, 4) is 0 Å². The summed E-state index contributed by atoms with van der Waals surface area (Å²) < 4.78 is 26.2. The Morgan fingerprint density at radius 2 is 1.62 bits per heavy atom. The van der Waals surface area contributed by atoms with Crippen molar-refractivity contribution >= 4 is 15.9 Å². The van der Waals surface area contributed by atoms with E-state index in [1.807, 2.05) is 13.8 Å². The Morgan fingerprint density at radius 3 is 2.17 bits per heavy atom. The van der Waals surface area contributed by atoms with Gasteiger partial charge in [-0.05, 0) is 29.8 Å². The number of carbonyl (C=O) groups excluding carboxylic acids is 1. The van der Waals surface area contributed by atoms with Crippen LogP contribution in [0.4, 0.5) is 0 Å². The Kier molecular flexibility index (Phi) is 6.05. The highest BCUT2D eigenvalue weighted by molar-refractivity contribution is 7.89. The number of pyridine rings is 1. The van der Waals surface area contributed by atoms with E-state index in [0.717, 1.165) is 5.56 Å². The summed E-state index contributed by atoms with van der Waals surface area (Å²) in [5.74, 6) is -0.197. The minimum atomic E-state index is -3.45. The zero-order valence-corrected chi connectivity index (χ0v) is 14.6. The first-order chi connectivity index (χ1) is 11.5. The van der Waals surface area contributed by atoms with Crippen molar-refractivity contribution in [2.24, 2.45) is 0 Å². The summed E-state index contributed by atoms with van der Waals surface area (Å²) in [5, 5.41) is 2.79. The third-order valence-electron chi connectivity index (χ3n) is 3.66. The van der Waals surface area contributed by atoms with E-state index in [1.54, 1.807) is 48.8 Å². The molecule has 1 heterocycles. The van der Waals surface area contributed by atoms with Crippen molar-refractivity contribution in [3.05, 3.63) is 59.9 Å². The van der Waals surface area contributed by atoms with Gasteiger partial charge in [0.1, 0.15) is 0 Å². The SMILES string of the molecule is CCN(CC)S(=O)(=O)c1ccc(CNC(=O)c2ccncc2)cc1. The van der Waals surface area contributed by atoms with Crippen LogP contribution in [0.3, 0.4) is 0 Å². The van der Waals surface area contributed by atoms with Gasteiger partial charge in [-0.1, -0.05) is 26.0 Å². The zero-order chi connectivity index (χ0) is 17.6. The summed E-state index contributed by atoms with van der Waals surface area (Å²) in [6, 6.07) is 9.83. The van der Waals surface area contributed by atoms with Crippen LogP contribution in [0.2, 0.25) is 0 Å². The topological polar surface area (TPSA) is 79.4 Å².